The van der Waals surface area contributed by atoms with Crippen LogP contribution in [0.4, 0.5) is 0 Å². The van der Waals surface area contributed by atoms with Crippen molar-refractivity contribution in [1.82, 2.24) is 5.43 Å². The van der Waals surface area contributed by atoms with E-state index in [0.717, 1.165) is 11.3 Å². The van der Waals surface area contributed by atoms with Gasteiger partial charge in [-0.25, -0.2) is 5.43 Å². The van der Waals surface area contributed by atoms with E-state index in [-0.39, 0.29) is 5.91 Å². The minimum absolute atomic E-state index is 0.336. The number of benzene rings is 1. The highest BCUT2D eigenvalue weighted by Gasteiger charge is 2.34. The molecular formula is C19H19N5O. The predicted molar refractivity (Wildman–Crippen MR) is 96.0 cm³/mol. The van der Waals surface area contributed by atoms with E-state index in [1.807, 2.05) is 6.07 Å². The van der Waals surface area contributed by atoms with E-state index >= 15 is 0 Å². The van der Waals surface area contributed by atoms with Crippen LogP contribution in [0.1, 0.15) is 49.5 Å². The molecule has 0 aliphatic carbocycles. The van der Waals surface area contributed by atoms with Gasteiger partial charge in [-0.3, -0.25) is 9.79 Å². The van der Waals surface area contributed by atoms with E-state index in [4.69, 9.17) is 0 Å². The third-order valence-electron chi connectivity index (χ3n) is 3.98. The van der Waals surface area contributed by atoms with Crippen molar-refractivity contribution in [2.45, 2.75) is 33.6 Å². The Morgan fingerprint density at radius 3 is 2.60 bits per heavy atom. The molecule has 6 heteroatoms. The molecule has 0 radical (unpaired) electrons. The van der Waals surface area contributed by atoms with Gasteiger partial charge in [0.1, 0.15) is 0 Å². The molecule has 126 valence electrons. The van der Waals surface area contributed by atoms with Crippen LogP contribution < -0.4 is 5.43 Å². The molecule has 1 aromatic rings. The number of hydrazone groups is 1. The van der Waals surface area contributed by atoms with Crippen LogP contribution in [-0.4, -0.2) is 17.3 Å². The molecule has 1 aromatic carbocycles. The first kappa shape index (κ1) is 18.1. The van der Waals surface area contributed by atoms with Crippen molar-refractivity contribution in [1.29, 1.82) is 10.5 Å². The average Bonchev–Trinajstić information content (AvgIpc) is 2.59. The third kappa shape index (κ3) is 3.81. The zero-order valence-electron chi connectivity index (χ0n) is 14.7. The van der Waals surface area contributed by atoms with Crippen LogP contribution in [0.3, 0.4) is 0 Å². The molecule has 1 aliphatic heterocycles. The summed E-state index contributed by atoms with van der Waals surface area (Å²) in [6, 6.07) is 11.4. The van der Waals surface area contributed by atoms with Gasteiger partial charge in [0.2, 0.25) is 0 Å². The molecule has 0 spiro atoms. The summed E-state index contributed by atoms with van der Waals surface area (Å²) in [7, 11) is 0. The van der Waals surface area contributed by atoms with Crippen molar-refractivity contribution in [2.75, 3.05) is 0 Å². The highest BCUT2D eigenvalue weighted by atomic mass is 16.2. The zero-order chi connectivity index (χ0) is 18.6. The van der Waals surface area contributed by atoms with Crippen molar-refractivity contribution in [2.24, 2.45) is 16.0 Å². The lowest BCUT2D eigenvalue weighted by Gasteiger charge is -2.27. The first-order chi connectivity index (χ1) is 11.9. The molecule has 2 rings (SSSR count). The molecule has 1 N–H and O–H groups in total. The fraction of sp³-hybridized carbons (Fsp3) is 0.316. The van der Waals surface area contributed by atoms with Crippen molar-refractivity contribution in [3.8, 4) is 12.1 Å². The zero-order valence-corrected chi connectivity index (χ0v) is 14.7. The van der Waals surface area contributed by atoms with E-state index in [1.165, 1.54) is 0 Å². The molecule has 2 unspecified atom stereocenters. The van der Waals surface area contributed by atoms with Gasteiger partial charge in [-0.15, -0.1) is 0 Å². The van der Waals surface area contributed by atoms with E-state index in [0.29, 0.717) is 22.5 Å². The maximum absolute atomic E-state index is 12.2. The molecular weight excluding hydrogens is 314 g/mol. The SMILES string of the molecule is CC(C)=NNC(=O)c1cccc(C2C(C#N)=C(C)N=C(C)C2C#N)c1. The van der Waals surface area contributed by atoms with Crippen LogP contribution in [0, 0.1) is 28.6 Å². The number of allylic oxidation sites excluding steroid dienone is 2. The van der Waals surface area contributed by atoms with E-state index in [2.05, 4.69) is 27.7 Å². The molecule has 1 aliphatic rings. The summed E-state index contributed by atoms with van der Waals surface area (Å²) >= 11 is 0. The average molecular weight is 333 g/mol. The third-order valence-corrected chi connectivity index (χ3v) is 3.98. The molecule has 0 saturated carbocycles. The van der Waals surface area contributed by atoms with Crippen LogP contribution in [0.5, 0.6) is 0 Å². The highest BCUT2D eigenvalue weighted by Crippen LogP contribution is 2.38. The smallest absolute Gasteiger partial charge is 0.267 e. The fourth-order valence-electron chi connectivity index (χ4n) is 2.81. The van der Waals surface area contributed by atoms with Gasteiger partial charge in [-0.2, -0.15) is 15.6 Å². The molecule has 0 aromatic heterocycles. The first-order valence-corrected chi connectivity index (χ1v) is 7.86. The summed E-state index contributed by atoms with van der Waals surface area (Å²) in [5.74, 6) is -1.30. The number of carbonyl (C=O) groups is 1. The lowest BCUT2D eigenvalue weighted by Crippen LogP contribution is -2.25. The summed E-state index contributed by atoms with van der Waals surface area (Å²) in [6.45, 7) is 7.11. The van der Waals surface area contributed by atoms with E-state index < -0.39 is 11.8 Å². The number of nitrogens with one attached hydrogen (secondary N) is 1. The first-order valence-electron chi connectivity index (χ1n) is 7.86. The van der Waals surface area contributed by atoms with Gasteiger partial charge in [0.25, 0.3) is 5.91 Å². The summed E-state index contributed by atoms with van der Waals surface area (Å²) in [5.41, 5.74) is 6.11. The normalized spacial score (nSPS) is 19.4. The quantitative estimate of drug-likeness (QED) is 0.678. The molecule has 0 fully saturated rings. The summed E-state index contributed by atoms with van der Waals surface area (Å²) in [5, 5.41) is 23.0. The number of aliphatic imine (C=N–C) groups is 1. The van der Waals surface area contributed by atoms with Gasteiger partial charge in [-0.05, 0) is 45.4 Å². The van der Waals surface area contributed by atoms with Gasteiger partial charge in [-0.1, -0.05) is 12.1 Å². The summed E-state index contributed by atoms with van der Waals surface area (Å²) < 4.78 is 0. The predicted octanol–water partition coefficient (Wildman–Crippen LogP) is 3.31. The second-order valence-corrected chi connectivity index (χ2v) is 6.07. The number of rotatable bonds is 3. The number of nitriles is 2. The number of nitrogens with zero attached hydrogens (tertiary/aromatic N) is 4. The number of hydrogen-bond donors (Lipinski definition) is 1. The highest BCUT2D eigenvalue weighted by molar-refractivity contribution is 5.95. The lowest BCUT2D eigenvalue weighted by atomic mass is 9.76. The molecule has 25 heavy (non-hydrogen) atoms. The number of amides is 1. The van der Waals surface area contributed by atoms with Crippen LogP contribution in [-0.2, 0) is 0 Å². The van der Waals surface area contributed by atoms with Gasteiger partial charge in [0.05, 0.1) is 29.3 Å². The Hall–Kier alpha value is -3.25. The van der Waals surface area contributed by atoms with Gasteiger partial charge >= 0.3 is 0 Å². The van der Waals surface area contributed by atoms with Crippen LogP contribution in [0.2, 0.25) is 0 Å². The Kier molecular flexibility index (Phi) is 5.46. The molecule has 2 atom stereocenters. The van der Waals surface area contributed by atoms with E-state index in [1.54, 1.807) is 45.9 Å². The summed E-state index contributed by atoms with van der Waals surface area (Å²) in [6.07, 6.45) is 0. The Morgan fingerprint density at radius 1 is 1.28 bits per heavy atom. The van der Waals surface area contributed by atoms with E-state index in [9.17, 15) is 15.3 Å². The van der Waals surface area contributed by atoms with Gasteiger partial charge in [0, 0.05) is 22.9 Å². The maximum atomic E-state index is 12.2. The molecule has 1 heterocycles. The Bertz CT molecular complexity index is 876. The fourth-order valence-corrected chi connectivity index (χ4v) is 2.81. The minimum Gasteiger partial charge on any atom is -0.267 e. The molecule has 1 amide bonds. The largest absolute Gasteiger partial charge is 0.271 e. The van der Waals surface area contributed by atoms with Gasteiger partial charge < -0.3 is 0 Å². The van der Waals surface area contributed by atoms with Crippen LogP contribution in [0.25, 0.3) is 0 Å². The van der Waals surface area contributed by atoms with Crippen molar-refractivity contribution >= 4 is 17.3 Å². The van der Waals surface area contributed by atoms with Crippen molar-refractivity contribution < 1.29 is 4.79 Å². The Labute approximate surface area is 147 Å². The second-order valence-electron chi connectivity index (χ2n) is 6.07. The Balaban J connectivity index is 2.47. The number of carbonyl (C=O) groups excluding carboxylic acids is 1. The molecule has 0 saturated heterocycles. The lowest BCUT2D eigenvalue weighted by molar-refractivity contribution is 0.0954. The van der Waals surface area contributed by atoms with Crippen LogP contribution >= 0.6 is 0 Å². The topological polar surface area (TPSA) is 101 Å². The second kappa shape index (κ2) is 7.55. The van der Waals surface area contributed by atoms with Crippen molar-refractivity contribution in [3.63, 3.8) is 0 Å². The monoisotopic (exact) mass is 333 g/mol. The maximum Gasteiger partial charge on any atom is 0.271 e. The molecule has 0 bridgehead atoms. The summed E-state index contributed by atoms with van der Waals surface area (Å²) in [4.78, 5) is 16.6. The standard InChI is InChI=1S/C19H19N5O/c1-11(2)23-24-19(25)15-7-5-6-14(8-15)18-16(9-20)12(3)22-13(4)17(18)10-21/h5-8,16,18H,1-4H3,(H,24,25). The molecule has 6 nitrogen and oxygen atoms in total. The van der Waals surface area contributed by atoms with Crippen molar-refractivity contribution in [3.05, 3.63) is 46.7 Å². The Morgan fingerprint density at radius 2 is 2.00 bits per heavy atom. The minimum atomic E-state index is -0.535. The van der Waals surface area contributed by atoms with Gasteiger partial charge in [0.15, 0.2) is 0 Å². The van der Waals surface area contributed by atoms with Crippen LogP contribution in [0.15, 0.2) is 45.6 Å². The number of hydrogen-bond acceptors (Lipinski definition) is 5.